The Balaban J connectivity index is 2.11. The summed E-state index contributed by atoms with van der Waals surface area (Å²) in [6, 6.07) is 9.33. The quantitative estimate of drug-likeness (QED) is 0.847. The van der Waals surface area contributed by atoms with Crippen molar-refractivity contribution >= 4 is 11.8 Å². The van der Waals surface area contributed by atoms with Crippen molar-refractivity contribution in [1.82, 2.24) is 0 Å². The van der Waals surface area contributed by atoms with E-state index in [9.17, 15) is 8.78 Å². The molecule has 2 rings (SSSR count). The van der Waals surface area contributed by atoms with Gasteiger partial charge in [0.25, 0.3) is 0 Å². The van der Waals surface area contributed by atoms with E-state index in [-0.39, 0.29) is 11.6 Å². The molecule has 2 aromatic rings. The maximum atomic E-state index is 14.0. The van der Waals surface area contributed by atoms with Gasteiger partial charge in [-0.2, -0.15) is 0 Å². The fourth-order valence-corrected chi connectivity index (χ4v) is 3.13. The van der Waals surface area contributed by atoms with Crippen molar-refractivity contribution in [2.75, 3.05) is 5.75 Å². The first-order chi connectivity index (χ1) is 9.47. The van der Waals surface area contributed by atoms with Crippen molar-refractivity contribution in [2.24, 2.45) is 5.73 Å². The SMILES string of the molecule is Cc1cc(C)c(C(N)CSc2cccc(F)c2)c(F)c1. The van der Waals surface area contributed by atoms with Crippen LogP contribution in [0.4, 0.5) is 8.78 Å². The van der Waals surface area contributed by atoms with Crippen molar-refractivity contribution in [3.05, 3.63) is 64.7 Å². The minimum atomic E-state index is -0.413. The van der Waals surface area contributed by atoms with Gasteiger partial charge in [-0.3, -0.25) is 0 Å². The molecule has 0 fully saturated rings. The van der Waals surface area contributed by atoms with E-state index >= 15 is 0 Å². The molecule has 2 aromatic carbocycles. The maximum absolute atomic E-state index is 14.0. The smallest absolute Gasteiger partial charge is 0.128 e. The zero-order valence-electron chi connectivity index (χ0n) is 11.5. The number of aryl methyl sites for hydroxylation is 2. The minimum Gasteiger partial charge on any atom is -0.323 e. The second-order valence-corrected chi connectivity index (χ2v) is 5.95. The molecule has 2 N–H and O–H groups in total. The fraction of sp³-hybridized carbons (Fsp3) is 0.250. The highest BCUT2D eigenvalue weighted by molar-refractivity contribution is 7.99. The standard InChI is InChI=1S/C16H17F2NS/c1-10-6-11(2)16(14(18)7-10)15(19)9-20-13-5-3-4-12(17)8-13/h3-8,15H,9,19H2,1-2H3. The normalized spacial score (nSPS) is 12.4. The average molecular weight is 293 g/mol. The Kier molecular flexibility index (Phi) is 4.78. The van der Waals surface area contributed by atoms with Crippen molar-refractivity contribution < 1.29 is 8.78 Å². The predicted molar refractivity (Wildman–Crippen MR) is 79.9 cm³/mol. The zero-order chi connectivity index (χ0) is 14.7. The molecule has 0 radical (unpaired) electrons. The molecule has 0 aromatic heterocycles. The summed E-state index contributed by atoms with van der Waals surface area (Å²) < 4.78 is 27.1. The molecule has 106 valence electrons. The Morgan fingerprint density at radius 3 is 2.55 bits per heavy atom. The van der Waals surface area contributed by atoms with Gasteiger partial charge in [-0.25, -0.2) is 8.78 Å². The van der Waals surface area contributed by atoms with E-state index in [4.69, 9.17) is 5.73 Å². The van der Waals surface area contributed by atoms with Crippen LogP contribution in [0.15, 0.2) is 41.3 Å². The lowest BCUT2D eigenvalue weighted by Crippen LogP contribution is -2.16. The van der Waals surface area contributed by atoms with E-state index in [1.165, 1.54) is 30.0 Å². The average Bonchev–Trinajstić information content (AvgIpc) is 2.35. The van der Waals surface area contributed by atoms with Crippen LogP contribution in [-0.2, 0) is 0 Å². The van der Waals surface area contributed by atoms with Gasteiger partial charge in [0.1, 0.15) is 11.6 Å². The van der Waals surface area contributed by atoms with Crippen LogP contribution in [0.5, 0.6) is 0 Å². The highest BCUT2D eigenvalue weighted by Crippen LogP contribution is 2.27. The number of hydrogen-bond donors (Lipinski definition) is 1. The van der Waals surface area contributed by atoms with E-state index in [2.05, 4.69) is 0 Å². The van der Waals surface area contributed by atoms with E-state index in [1.54, 1.807) is 6.07 Å². The molecular weight excluding hydrogens is 276 g/mol. The molecule has 0 saturated heterocycles. The van der Waals surface area contributed by atoms with E-state index in [0.717, 1.165) is 16.0 Å². The molecule has 1 nitrogen and oxygen atoms in total. The van der Waals surface area contributed by atoms with Crippen molar-refractivity contribution in [3.8, 4) is 0 Å². The summed E-state index contributed by atoms with van der Waals surface area (Å²) in [5.41, 5.74) is 8.36. The third kappa shape index (κ3) is 3.58. The molecule has 1 unspecified atom stereocenters. The van der Waals surface area contributed by atoms with Crippen LogP contribution >= 0.6 is 11.8 Å². The Morgan fingerprint density at radius 1 is 1.15 bits per heavy atom. The molecule has 1 atom stereocenters. The summed E-state index contributed by atoms with van der Waals surface area (Å²) in [4.78, 5) is 0.797. The van der Waals surface area contributed by atoms with Crippen LogP contribution in [-0.4, -0.2) is 5.75 Å². The lowest BCUT2D eigenvalue weighted by atomic mass is 10.00. The van der Waals surface area contributed by atoms with Gasteiger partial charge in [0.05, 0.1) is 0 Å². The molecule has 0 aliphatic carbocycles. The first-order valence-corrected chi connectivity index (χ1v) is 7.36. The van der Waals surface area contributed by atoms with Crippen molar-refractivity contribution in [1.29, 1.82) is 0 Å². The minimum absolute atomic E-state index is 0.269. The van der Waals surface area contributed by atoms with Gasteiger partial charge < -0.3 is 5.73 Å². The Hall–Kier alpha value is -1.39. The number of benzene rings is 2. The van der Waals surface area contributed by atoms with Crippen LogP contribution < -0.4 is 5.73 Å². The first-order valence-electron chi connectivity index (χ1n) is 6.38. The molecule has 0 aliphatic rings. The Morgan fingerprint density at radius 2 is 1.90 bits per heavy atom. The largest absolute Gasteiger partial charge is 0.323 e. The van der Waals surface area contributed by atoms with Gasteiger partial charge in [-0.1, -0.05) is 12.1 Å². The Bertz CT molecular complexity index is 590. The van der Waals surface area contributed by atoms with Gasteiger partial charge in [0.15, 0.2) is 0 Å². The molecule has 0 aliphatic heterocycles. The van der Waals surface area contributed by atoms with Gasteiger partial charge in [-0.15, -0.1) is 11.8 Å². The second kappa shape index (κ2) is 6.37. The lowest BCUT2D eigenvalue weighted by molar-refractivity contribution is 0.591. The molecule has 0 spiro atoms. The lowest BCUT2D eigenvalue weighted by Gasteiger charge is -2.16. The number of nitrogens with two attached hydrogens (primary N) is 1. The third-order valence-corrected chi connectivity index (χ3v) is 4.19. The number of thioether (sulfide) groups is 1. The molecule has 20 heavy (non-hydrogen) atoms. The maximum Gasteiger partial charge on any atom is 0.128 e. The van der Waals surface area contributed by atoms with Crippen molar-refractivity contribution in [2.45, 2.75) is 24.8 Å². The molecule has 0 saturated carbocycles. The highest BCUT2D eigenvalue weighted by Gasteiger charge is 2.15. The second-order valence-electron chi connectivity index (χ2n) is 4.85. The van der Waals surface area contributed by atoms with E-state index < -0.39 is 6.04 Å². The summed E-state index contributed by atoms with van der Waals surface area (Å²) in [5.74, 6) is -0.0410. The number of hydrogen-bond acceptors (Lipinski definition) is 2. The van der Waals surface area contributed by atoms with Crippen molar-refractivity contribution in [3.63, 3.8) is 0 Å². The predicted octanol–water partition coefficient (Wildman–Crippen LogP) is 4.37. The third-order valence-electron chi connectivity index (χ3n) is 3.08. The molecule has 0 heterocycles. The monoisotopic (exact) mass is 293 g/mol. The highest BCUT2D eigenvalue weighted by atomic mass is 32.2. The summed E-state index contributed by atoms with van der Waals surface area (Å²) in [6.45, 7) is 3.71. The van der Waals surface area contributed by atoms with Crippen LogP contribution in [0.1, 0.15) is 22.7 Å². The van der Waals surface area contributed by atoms with E-state index in [0.29, 0.717) is 11.3 Å². The van der Waals surface area contributed by atoms with Gasteiger partial charge >= 0.3 is 0 Å². The van der Waals surface area contributed by atoms with Gasteiger partial charge in [0, 0.05) is 22.3 Å². The number of rotatable bonds is 4. The first kappa shape index (κ1) is 15.0. The molecular formula is C16H17F2NS. The summed E-state index contributed by atoms with van der Waals surface area (Å²) in [7, 11) is 0. The van der Waals surface area contributed by atoms with Gasteiger partial charge in [0.2, 0.25) is 0 Å². The molecule has 4 heteroatoms. The van der Waals surface area contributed by atoms with Crippen LogP contribution in [0, 0.1) is 25.5 Å². The zero-order valence-corrected chi connectivity index (χ0v) is 12.3. The summed E-state index contributed by atoms with van der Waals surface area (Å²) >= 11 is 1.43. The topological polar surface area (TPSA) is 26.0 Å². The molecule has 0 amide bonds. The van der Waals surface area contributed by atoms with Crippen LogP contribution in [0.3, 0.4) is 0 Å². The fourth-order valence-electron chi connectivity index (χ4n) is 2.22. The Labute approximate surface area is 122 Å². The van der Waals surface area contributed by atoms with E-state index in [1.807, 2.05) is 26.0 Å². The number of halogens is 2. The van der Waals surface area contributed by atoms with Crippen LogP contribution in [0.2, 0.25) is 0 Å². The molecule has 0 bridgehead atoms. The van der Waals surface area contributed by atoms with Gasteiger partial charge in [-0.05, 0) is 49.2 Å². The summed E-state index contributed by atoms with van der Waals surface area (Å²) in [6.07, 6.45) is 0. The summed E-state index contributed by atoms with van der Waals surface area (Å²) in [5, 5.41) is 0. The van der Waals surface area contributed by atoms with Crippen LogP contribution in [0.25, 0.3) is 0 Å².